The molecule has 0 fully saturated rings. The smallest absolute Gasteiger partial charge is 0.133 e. The predicted molar refractivity (Wildman–Crippen MR) is 91.9 cm³/mol. The van der Waals surface area contributed by atoms with Crippen LogP contribution in [0.2, 0.25) is 0 Å². The normalized spacial score (nSPS) is 11.1. The van der Waals surface area contributed by atoms with Gasteiger partial charge in [0.2, 0.25) is 0 Å². The summed E-state index contributed by atoms with van der Waals surface area (Å²) in [4.78, 5) is 0. The van der Waals surface area contributed by atoms with Crippen molar-refractivity contribution in [1.82, 2.24) is 5.32 Å². The highest BCUT2D eigenvalue weighted by Crippen LogP contribution is 2.26. The third kappa shape index (κ3) is 8.44. The molecule has 21 heavy (non-hydrogen) atoms. The second-order valence-corrected chi connectivity index (χ2v) is 6.44. The Kier molecular flexibility index (Phi) is 9.72. The molecule has 120 valence electrons. The zero-order chi connectivity index (χ0) is 15.5. The van der Waals surface area contributed by atoms with Gasteiger partial charge >= 0.3 is 0 Å². The summed E-state index contributed by atoms with van der Waals surface area (Å²) in [6.45, 7) is 10.5. The van der Waals surface area contributed by atoms with Crippen LogP contribution in [0, 0.1) is 5.92 Å². The summed E-state index contributed by atoms with van der Waals surface area (Å²) in [5, 5.41) is 3.39. The van der Waals surface area contributed by atoms with Crippen molar-refractivity contribution in [2.75, 3.05) is 26.4 Å². The number of ether oxygens (including phenoxy) is 2. The Balaban J connectivity index is 2.25. The minimum Gasteiger partial charge on any atom is -0.490 e. The quantitative estimate of drug-likeness (QED) is 0.595. The van der Waals surface area contributed by atoms with Crippen LogP contribution in [0.15, 0.2) is 22.7 Å². The van der Waals surface area contributed by atoms with Crippen LogP contribution in [0.5, 0.6) is 5.75 Å². The Morgan fingerprint density at radius 3 is 2.67 bits per heavy atom. The van der Waals surface area contributed by atoms with E-state index in [9.17, 15) is 0 Å². The molecule has 0 unspecified atom stereocenters. The fourth-order valence-corrected chi connectivity index (χ4v) is 2.35. The van der Waals surface area contributed by atoms with Gasteiger partial charge in [0.1, 0.15) is 12.4 Å². The molecular formula is C17H28BrNO2. The molecule has 0 atom stereocenters. The Morgan fingerprint density at radius 2 is 2.00 bits per heavy atom. The van der Waals surface area contributed by atoms with Crippen LogP contribution in [0.3, 0.4) is 0 Å². The van der Waals surface area contributed by atoms with Crippen molar-refractivity contribution in [2.24, 2.45) is 5.92 Å². The molecule has 0 bridgehead atoms. The third-order valence-corrected chi connectivity index (χ3v) is 3.70. The fraction of sp³-hybridized carbons (Fsp3) is 0.647. The van der Waals surface area contributed by atoms with E-state index in [1.54, 1.807) is 0 Å². The average Bonchev–Trinajstić information content (AvgIpc) is 2.44. The van der Waals surface area contributed by atoms with Gasteiger partial charge in [-0.3, -0.25) is 0 Å². The Bertz CT molecular complexity index is 396. The zero-order valence-corrected chi connectivity index (χ0v) is 15.0. The van der Waals surface area contributed by atoms with Crippen LogP contribution in [-0.2, 0) is 11.3 Å². The molecule has 1 rings (SSSR count). The fourth-order valence-electron chi connectivity index (χ4n) is 1.81. The van der Waals surface area contributed by atoms with Gasteiger partial charge < -0.3 is 14.8 Å². The van der Waals surface area contributed by atoms with Crippen molar-refractivity contribution >= 4 is 15.9 Å². The molecular weight excluding hydrogens is 330 g/mol. The van der Waals surface area contributed by atoms with E-state index in [1.165, 1.54) is 5.56 Å². The Morgan fingerprint density at radius 1 is 1.19 bits per heavy atom. The van der Waals surface area contributed by atoms with Gasteiger partial charge in [0.15, 0.2) is 0 Å². The van der Waals surface area contributed by atoms with Crippen LogP contribution in [0.1, 0.15) is 39.2 Å². The minimum absolute atomic E-state index is 0.587. The van der Waals surface area contributed by atoms with Gasteiger partial charge in [-0.2, -0.15) is 0 Å². The van der Waals surface area contributed by atoms with Crippen LogP contribution in [0.25, 0.3) is 0 Å². The van der Waals surface area contributed by atoms with Crippen molar-refractivity contribution in [3.8, 4) is 5.75 Å². The lowest BCUT2D eigenvalue weighted by Gasteiger charge is -2.11. The molecule has 1 aromatic carbocycles. The predicted octanol–water partition coefficient (Wildman–Crippen LogP) is 4.39. The number of nitrogens with one attached hydrogen (secondary N) is 1. The van der Waals surface area contributed by atoms with E-state index in [2.05, 4.69) is 54.2 Å². The molecule has 0 aromatic heterocycles. The summed E-state index contributed by atoms with van der Waals surface area (Å²) >= 11 is 3.56. The van der Waals surface area contributed by atoms with Crippen LogP contribution in [-0.4, -0.2) is 26.4 Å². The number of benzene rings is 1. The molecule has 0 saturated carbocycles. The first-order chi connectivity index (χ1) is 10.1. The first-order valence-electron chi connectivity index (χ1n) is 7.83. The second-order valence-electron chi connectivity index (χ2n) is 5.58. The number of hydrogen-bond acceptors (Lipinski definition) is 3. The summed E-state index contributed by atoms with van der Waals surface area (Å²) in [7, 11) is 0. The first-order valence-corrected chi connectivity index (χ1v) is 8.62. The molecule has 0 heterocycles. The van der Waals surface area contributed by atoms with Gasteiger partial charge in [-0.15, -0.1) is 0 Å². The lowest BCUT2D eigenvalue weighted by atomic mass is 10.1. The SMILES string of the molecule is CCCNCc1ccc(OCCOCCC(C)C)c(Br)c1. The summed E-state index contributed by atoms with van der Waals surface area (Å²) in [5.41, 5.74) is 1.26. The molecule has 0 radical (unpaired) electrons. The van der Waals surface area contributed by atoms with E-state index >= 15 is 0 Å². The van der Waals surface area contributed by atoms with Crippen molar-refractivity contribution in [2.45, 2.75) is 40.2 Å². The van der Waals surface area contributed by atoms with Gasteiger partial charge in [-0.25, -0.2) is 0 Å². The summed E-state index contributed by atoms with van der Waals surface area (Å²) in [6, 6.07) is 6.22. The van der Waals surface area contributed by atoms with E-state index in [-0.39, 0.29) is 0 Å². The second kappa shape index (κ2) is 11.0. The highest BCUT2D eigenvalue weighted by Gasteiger charge is 2.03. The number of rotatable bonds is 11. The Hall–Kier alpha value is -0.580. The zero-order valence-electron chi connectivity index (χ0n) is 13.5. The van der Waals surface area contributed by atoms with Gasteiger partial charge in [0.05, 0.1) is 11.1 Å². The van der Waals surface area contributed by atoms with E-state index in [4.69, 9.17) is 9.47 Å². The topological polar surface area (TPSA) is 30.5 Å². The highest BCUT2D eigenvalue weighted by molar-refractivity contribution is 9.10. The van der Waals surface area contributed by atoms with E-state index in [0.717, 1.165) is 42.8 Å². The van der Waals surface area contributed by atoms with Crippen LogP contribution in [0.4, 0.5) is 0 Å². The highest BCUT2D eigenvalue weighted by atomic mass is 79.9. The standard InChI is InChI=1S/C17H28BrNO2/c1-4-8-19-13-15-5-6-17(16(18)12-15)21-11-10-20-9-7-14(2)3/h5-6,12,14,19H,4,7-11,13H2,1-3H3. The minimum atomic E-state index is 0.587. The molecule has 0 spiro atoms. The van der Waals surface area contributed by atoms with Gasteiger partial charge in [-0.05, 0) is 58.9 Å². The lowest BCUT2D eigenvalue weighted by molar-refractivity contribution is 0.0923. The molecule has 0 amide bonds. The maximum Gasteiger partial charge on any atom is 0.133 e. The van der Waals surface area contributed by atoms with E-state index < -0.39 is 0 Å². The van der Waals surface area contributed by atoms with Crippen molar-refractivity contribution in [1.29, 1.82) is 0 Å². The van der Waals surface area contributed by atoms with Crippen molar-refractivity contribution in [3.63, 3.8) is 0 Å². The third-order valence-electron chi connectivity index (χ3n) is 3.08. The number of hydrogen-bond donors (Lipinski definition) is 1. The van der Waals surface area contributed by atoms with Gasteiger partial charge in [0, 0.05) is 13.2 Å². The summed E-state index contributed by atoms with van der Waals surface area (Å²) in [6.07, 6.45) is 2.25. The molecule has 0 aliphatic heterocycles. The number of halogens is 1. The summed E-state index contributed by atoms with van der Waals surface area (Å²) < 4.78 is 12.3. The van der Waals surface area contributed by atoms with Gasteiger partial charge in [0.25, 0.3) is 0 Å². The van der Waals surface area contributed by atoms with E-state index in [1.807, 2.05) is 6.07 Å². The molecule has 1 aromatic rings. The molecule has 0 aliphatic rings. The average molecular weight is 358 g/mol. The molecule has 3 nitrogen and oxygen atoms in total. The van der Waals surface area contributed by atoms with E-state index in [0.29, 0.717) is 19.1 Å². The van der Waals surface area contributed by atoms with Gasteiger partial charge in [-0.1, -0.05) is 26.8 Å². The van der Waals surface area contributed by atoms with Crippen LogP contribution < -0.4 is 10.1 Å². The van der Waals surface area contributed by atoms with Crippen molar-refractivity contribution in [3.05, 3.63) is 28.2 Å². The molecule has 4 heteroatoms. The lowest BCUT2D eigenvalue weighted by Crippen LogP contribution is -2.13. The maximum absolute atomic E-state index is 5.73. The Labute approximate surface area is 137 Å². The largest absolute Gasteiger partial charge is 0.490 e. The molecule has 0 saturated heterocycles. The first kappa shape index (κ1) is 18.5. The van der Waals surface area contributed by atoms with Crippen molar-refractivity contribution < 1.29 is 9.47 Å². The molecule has 0 aliphatic carbocycles. The summed E-state index contributed by atoms with van der Waals surface area (Å²) in [5.74, 6) is 1.57. The monoisotopic (exact) mass is 357 g/mol. The molecule has 1 N–H and O–H groups in total. The van der Waals surface area contributed by atoms with Crippen LogP contribution >= 0.6 is 15.9 Å². The maximum atomic E-state index is 5.73.